The van der Waals surface area contributed by atoms with Crippen LogP contribution in [0.25, 0.3) is 0 Å². The molecule has 96 valence electrons. The van der Waals surface area contributed by atoms with E-state index in [2.05, 4.69) is 11.6 Å². The molecule has 0 fully saturated rings. The van der Waals surface area contributed by atoms with E-state index in [9.17, 15) is 4.79 Å². The number of rotatable bonds is 10. The Labute approximate surface area is 103 Å². The Balaban J connectivity index is 3.30. The number of hydrogen-bond acceptors (Lipinski definition) is 3. The normalized spacial score (nSPS) is 11.7. The third-order valence-electron chi connectivity index (χ3n) is 2.60. The molecule has 0 saturated heterocycles. The minimum absolute atomic E-state index is 0.549. The van der Waals surface area contributed by atoms with Crippen molar-refractivity contribution in [3.8, 4) is 0 Å². The molecule has 3 nitrogen and oxygen atoms in total. The first kappa shape index (κ1) is 15.8. The summed E-state index contributed by atoms with van der Waals surface area (Å²) in [6.07, 6.45) is 7.09. The predicted octanol–water partition coefficient (Wildman–Crippen LogP) is 2.61. The molecule has 0 aromatic rings. The first-order valence-corrected chi connectivity index (χ1v) is 7.33. The van der Waals surface area contributed by atoms with Crippen LogP contribution in [0.5, 0.6) is 0 Å². The van der Waals surface area contributed by atoms with E-state index in [1.807, 2.05) is 11.8 Å². The van der Waals surface area contributed by atoms with E-state index in [-0.39, 0.29) is 0 Å². The maximum absolute atomic E-state index is 10.8. The molecule has 0 amide bonds. The summed E-state index contributed by atoms with van der Waals surface area (Å²) in [5.74, 6) is 0.513. The Morgan fingerprint density at radius 1 is 1.25 bits per heavy atom. The zero-order valence-corrected chi connectivity index (χ0v) is 11.5. The predicted molar refractivity (Wildman–Crippen MR) is 71.1 cm³/mol. The van der Waals surface area contributed by atoms with Gasteiger partial charge in [0.1, 0.15) is 0 Å². The molecule has 0 spiro atoms. The fourth-order valence-corrected chi connectivity index (χ4v) is 1.82. The van der Waals surface area contributed by atoms with Gasteiger partial charge in [0.05, 0.1) is 5.41 Å². The number of unbranched alkanes of at least 4 members (excludes halogenated alkanes) is 3. The van der Waals surface area contributed by atoms with Gasteiger partial charge in [0.2, 0.25) is 0 Å². The minimum atomic E-state index is -0.736. The third-order valence-corrected chi connectivity index (χ3v) is 3.29. The zero-order chi connectivity index (χ0) is 12.4. The summed E-state index contributed by atoms with van der Waals surface area (Å²) in [7, 11) is 0. The van der Waals surface area contributed by atoms with Crippen LogP contribution in [0.2, 0.25) is 0 Å². The van der Waals surface area contributed by atoms with Crippen LogP contribution in [-0.2, 0) is 4.79 Å². The first-order valence-electron chi connectivity index (χ1n) is 5.94. The molecular weight excluding hydrogens is 222 g/mol. The summed E-state index contributed by atoms with van der Waals surface area (Å²) in [5.41, 5.74) is -0.654. The Kier molecular flexibility index (Phi) is 8.76. The molecule has 0 saturated carbocycles. The lowest BCUT2D eigenvalue weighted by molar-refractivity contribution is -0.146. The second-order valence-corrected chi connectivity index (χ2v) is 5.76. The fraction of sp³-hybridized carbons (Fsp3) is 0.917. The van der Waals surface area contributed by atoms with Crippen LogP contribution >= 0.6 is 11.8 Å². The molecular formula is C12H25NO2S. The van der Waals surface area contributed by atoms with E-state index in [1.165, 1.54) is 25.0 Å². The van der Waals surface area contributed by atoms with Crippen LogP contribution in [0, 0.1) is 5.41 Å². The van der Waals surface area contributed by atoms with Crippen molar-refractivity contribution in [1.82, 2.24) is 5.32 Å². The summed E-state index contributed by atoms with van der Waals surface area (Å²) < 4.78 is 0. The van der Waals surface area contributed by atoms with Crippen LogP contribution in [0.1, 0.15) is 39.5 Å². The molecule has 4 heteroatoms. The van der Waals surface area contributed by atoms with Gasteiger partial charge in [-0.15, -0.1) is 0 Å². The average Bonchev–Trinajstić information content (AvgIpc) is 2.21. The van der Waals surface area contributed by atoms with E-state index >= 15 is 0 Å². The topological polar surface area (TPSA) is 49.3 Å². The molecule has 0 atom stereocenters. The first-order chi connectivity index (χ1) is 7.50. The SMILES string of the molecule is CSCCCCCCNCC(C)(C)C(=O)O. The molecule has 0 rings (SSSR count). The largest absolute Gasteiger partial charge is 0.481 e. The standard InChI is InChI=1S/C12H25NO2S/c1-12(2,11(14)15)10-13-8-6-4-5-7-9-16-3/h13H,4-10H2,1-3H3,(H,14,15). The minimum Gasteiger partial charge on any atom is -0.481 e. The molecule has 2 N–H and O–H groups in total. The van der Waals surface area contributed by atoms with E-state index in [0.29, 0.717) is 6.54 Å². The molecule has 0 aliphatic heterocycles. The molecule has 16 heavy (non-hydrogen) atoms. The van der Waals surface area contributed by atoms with Gasteiger partial charge in [-0.3, -0.25) is 4.79 Å². The quantitative estimate of drug-likeness (QED) is 0.583. The van der Waals surface area contributed by atoms with Crippen molar-refractivity contribution in [2.75, 3.05) is 25.1 Å². The highest BCUT2D eigenvalue weighted by atomic mass is 32.2. The van der Waals surface area contributed by atoms with Crippen LogP contribution < -0.4 is 5.32 Å². The molecule has 0 heterocycles. The molecule has 0 aliphatic carbocycles. The molecule has 0 aromatic carbocycles. The highest BCUT2D eigenvalue weighted by Crippen LogP contribution is 2.13. The lowest BCUT2D eigenvalue weighted by Crippen LogP contribution is -2.36. The van der Waals surface area contributed by atoms with E-state index in [1.54, 1.807) is 13.8 Å². The number of carboxylic acid groups (broad SMARTS) is 1. The number of thioether (sulfide) groups is 1. The van der Waals surface area contributed by atoms with Gasteiger partial charge in [-0.1, -0.05) is 12.8 Å². The number of carbonyl (C=O) groups is 1. The Morgan fingerprint density at radius 3 is 2.44 bits per heavy atom. The maximum Gasteiger partial charge on any atom is 0.310 e. The molecule has 0 aliphatic rings. The van der Waals surface area contributed by atoms with Gasteiger partial charge in [-0.25, -0.2) is 0 Å². The molecule has 0 bridgehead atoms. The highest BCUT2D eigenvalue weighted by molar-refractivity contribution is 7.98. The molecule has 0 unspecified atom stereocenters. The van der Waals surface area contributed by atoms with Gasteiger partial charge in [0.15, 0.2) is 0 Å². The van der Waals surface area contributed by atoms with Gasteiger partial charge in [-0.2, -0.15) is 11.8 Å². The summed E-state index contributed by atoms with van der Waals surface area (Å²) in [5, 5.41) is 12.1. The maximum atomic E-state index is 10.8. The van der Waals surface area contributed by atoms with Crippen LogP contribution in [0.4, 0.5) is 0 Å². The lowest BCUT2D eigenvalue weighted by Gasteiger charge is -2.19. The average molecular weight is 247 g/mol. The van der Waals surface area contributed by atoms with Gasteiger partial charge >= 0.3 is 5.97 Å². The number of aliphatic carboxylic acids is 1. The lowest BCUT2D eigenvalue weighted by atomic mass is 9.94. The van der Waals surface area contributed by atoms with Crippen molar-refractivity contribution in [2.45, 2.75) is 39.5 Å². The zero-order valence-electron chi connectivity index (χ0n) is 10.7. The fourth-order valence-electron chi connectivity index (χ4n) is 1.33. The van der Waals surface area contributed by atoms with Crippen LogP contribution in [-0.4, -0.2) is 36.2 Å². The second kappa shape index (κ2) is 8.88. The second-order valence-electron chi connectivity index (χ2n) is 4.77. The van der Waals surface area contributed by atoms with E-state index < -0.39 is 11.4 Å². The Morgan fingerprint density at radius 2 is 1.88 bits per heavy atom. The van der Waals surface area contributed by atoms with Gasteiger partial charge < -0.3 is 10.4 Å². The van der Waals surface area contributed by atoms with Gasteiger partial charge in [-0.05, 0) is 45.2 Å². The summed E-state index contributed by atoms with van der Waals surface area (Å²) >= 11 is 1.90. The van der Waals surface area contributed by atoms with Gasteiger partial charge in [0.25, 0.3) is 0 Å². The summed E-state index contributed by atoms with van der Waals surface area (Å²) in [6.45, 7) is 4.98. The third kappa shape index (κ3) is 7.99. The van der Waals surface area contributed by atoms with E-state index in [4.69, 9.17) is 5.11 Å². The molecule has 0 radical (unpaired) electrons. The number of hydrogen-bond donors (Lipinski definition) is 2. The molecule has 0 aromatic heterocycles. The van der Waals surface area contributed by atoms with Crippen molar-refractivity contribution in [1.29, 1.82) is 0 Å². The monoisotopic (exact) mass is 247 g/mol. The van der Waals surface area contributed by atoms with Crippen LogP contribution in [0.3, 0.4) is 0 Å². The van der Waals surface area contributed by atoms with Crippen molar-refractivity contribution < 1.29 is 9.90 Å². The van der Waals surface area contributed by atoms with Crippen molar-refractivity contribution >= 4 is 17.7 Å². The van der Waals surface area contributed by atoms with Gasteiger partial charge in [0, 0.05) is 6.54 Å². The van der Waals surface area contributed by atoms with Crippen molar-refractivity contribution in [3.05, 3.63) is 0 Å². The van der Waals surface area contributed by atoms with E-state index in [0.717, 1.165) is 13.0 Å². The summed E-state index contributed by atoms with van der Waals surface area (Å²) in [6, 6.07) is 0. The smallest absolute Gasteiger partial charge is 0.310 e. The number of nitrogens with one attached hydrogen (secondary N) is 1. The highest BCUT2D eigenvalue weighted by Gasteiger charge is 2.25. The van der Waals surface area contributed by atoms with Crippen molar-refractivity contribution in [3.63, 3.8) is 0 Å². The van der Waals surface area contributed by atoms with Crippen LogP contribution in [0.15, 0.2) is 0 Å². The van der Waals surface area contributed by atoms with Crippen molar-refractivity contribution in [2.24, 2.45) is 5.41 Å². The summed E-state index contributed by atoms with van der Waals surface area (Å²) in [4.78, 5) is 10.8. The Hall–Kier alpha value is -0.220. The number of carboxylic acids is 1. The Bertz CT molecular complexity index is 195.